The Labute approximate surface area is 128 Å². The predicted molar refractivity (Wildman–Crippen MR) is 80.9 cm³/mol. The maximum atomic E-state index is 12.5. The molecule has 1 aromatic heterocycles. The second-order valence-electron chi connectivity index (χ2n) is 5.79. The number of nitrogens with one attached hydrogen (secondary N) is 3. The molecule has 0 spiro atoms. The van der Waals surface area contributed by atoms with Gasteiger partial charge in [0.05, 0.1) is 6.33 Å². The van der Waals surface area contributed by atoms with Gasteiger partial charge in [-0.3, -0.25) is 9.59 Å². The molecule has 2 amide bonds. The van der Waals surface area contributed by atoms with Crippen molar-refractivity contribution in [3.63, 3.8) is 0 Å². The molecule has 2 aromatic rings. The van der Waals surface area contributed by atoms with Crippen LogP contribution < -0.4 is 10.6 Å². The lowest BCUT2D eigenvalue weighted by Gasteiger charge is -2.37. The van der Waals surface area contributed by atoms with Gasteiger partial charge in [0.2, 0.25) is 11.8 Å². The second kappa shape index (κ2) is 5.63. The van der Waals surface area contributed by atoms with Crippen molar-refractivity contribution in [1.82, 2.24) is 20.6 Å². The molecule has 0 saturated carbocycles. The zero-order valence-electron chi connectivity index (χ0n) is 12.3. The topological polar surface area (TPSA) is 86.9 Å². The standard InChI is InChI=1S/C16H18N4O2/c1-16(8-11-5-3-2-4-6-11)15(22)19-13(14(21)20-16)7-12-9-17-10-18-12/h2-6,9-10,13H,7-8H2,1H3,(H,17,18)(H,19,22)(H,20,21)/t13-,16-/m0/s1. The molecule has 114 valence electrons. The van der Waals surface area contributed by atoms with Crippen molar-refractivity contribution in [1.29, 1.82) is 0 Å². The van der Waals surface area contributed by atoms with Crippen LogP contribution in [0.2, 0.25) is 0 Å². The quantitative estimate of drug-likeness (QED) is 0.771. The fourth-order valence-corrected chi connectivity index (χ4v) is 2.69. The van der Waals surface area contributed by atoms with Gasteiger partial charge in [0.1, 0.15) is 11.6 Å². The number of hydrogen-bond donors (Lipinski definition) is 3. The lowest BCUT2D eigenvalue weighted by molar-refractivity contribution is -0.140. The molecule has 0 unspecified atom stereocenters. The highest BCUT2D eigenvalue weighted by atomic mass is 16.2. The molecule has 2 heterocycles. The highest BCUT2D eigenvalue weighted by Gasteiger charge is 2.42. The summed E-state index contributed by atoms with van der Waals surface area (Å²) < 4.78 is 0. The first-order chi connectivity index (χ1) is 10.6. The molecule has 2 atom stereocenters. The monoisotopic (exact) mass is 298 g/mol. The summed E-state index contributed by atoms with van der Waals surface area (Å²) in [6.07, 6.45) is 4.07. The fraction of sp³-hybridized carbons (Fsp3) is 0.312. The number of carbonyl (C=O) groups is 2. The molecule has 1 aliphatic rings. The minimum atomic E-state index is -0.928. The van der Waals surface area contributed by atoms with Gasteiger partial charge >= 0.3 is 0 Å². The van der Waals surface area contributed by atoms with Gasteiger partial charge in [-0.1, -0.05) is 30.3 Å². The van der Waals surface area contributed by atoms with Crippen LogP contribution in [0.5, 0.6) is 0 Å². The molecule has 3 rings (SSSR count). The van der Waals surface area contributed by atoms with Crippen LogP contribution in [0.15, 0.2) is 42.9 Å². The maximum Gasteiger partial charge on any atom is 0.246 e. The summed E-state index contributed by atoms with van der Waals surface area (Å²) in [5, 5.41) is 5.68. The van der Waals surface area contributed by atoms with E-state index in [0.29, 0.717) is 12.8 Å². The zero-order chi connectivity index (χ0) is 15.6. The van der Waals surface area contributed by atoms with Crippen molar-refractivity contribution in [3.8, 4) is 0 Å². The van der Waals surface area contributed by atoms with Crippen LogP contribution in [0.3, 0.4) is 0 Å². The first-order valence-corrected chi connectivity index (χ1v) is 7.21. The lowest BCUT2D eigenvalue weighted by Crippen LogP contribution is -2.69. The summed E-state index contributed by atoms with van der Waals surface area (Å²) in [6.45, 7) is 1.75. The number of piperazine rings is 1. The molecule has 0 radical (unpaired) electrons. The van der Waals surface area contributed by atoms with E-state index in [1.807, 2.05) is 30.3 Å². The van der Waals surface area contributed by atoms with Crippen LogP contribution >= 0.6 is 0 Å². The number of aromatic amines is 1. The molecule has 6 nitrogen and oxygen atoms in total. The number of rotatable bonds is 4. The van der Waals surface area contributed by atoms with Crippen molar-refractivity contribution in [3.05, 3.63) is 54.1 Å². The molecule has 22 heavy (non-hydrogen) atoms. The van der Waals surface area contributed by atoms with Crippen molar-refractivity contribution in [2.45, 2.75) is 31.3 Å². The Morgan fingerprint density at radius 1 is 1.23 bits per heavy atom. The van der Waals surface area contributed by atoms with Crippen LogP contribution in [0.4, 0.5) is 0 Å². The molecule has 1 aromatic carbocycles. The van der Waals surface area contributed by atoms with Gasteiger partial charge in [-0.2, -0.15) is 0 Å². The molecular formula is C16H18N4O2. The van der Waals surface area contributed by atoms with E-state index in [2.05, 4.69) is 20.6 Å². The average molecular weight is 298 g/mol. The molecular weight excluding hydrogens is 280 g/mol. The summed E-state index contributed by atoms with van der Waals surface area (Å²) in [7, 11) is 0. The Hall–Kier alpha value is -2.63. The van der Waals surface area contributed by atoms with Crippen LogP contribution in [0.25, 0.3) is 0 Å². The summed E-state index contributed by atoms with van der Waals surface area (Å²) >= 11 is 0. The van der Waals surface area contributed by atoms with E-state index < -0.39 is 11.6 Å². The van der Waals surface area contributed by atoms with Gasteiger partial charge in [0.25, 0.3) is 0 Å². The van der Waals surface area contributed by atoms with Crippen LogP contribution in [0.1, 0.15) is 18.2 Å². The van der Waals surface area contributed by atoms with E-state index in [1.54, 1.807) is 19.4 Å². The molecule has 1 saturated heterocycles. The lowest BCUT2D eigenvalue weighted by atomic mass is 9.88. The molecule has 1 aliphatic heterocycles. The highest BCUT2D eigenvalue weighted by Crippen LogP contribution is 2.18. The van der Waals surface area contributed by atoms with Crippen molar-refractivity contribution in [2.75, 3.05) is 0 Å². The van der Waals surface area contributed by atoms with Crippen molar-refractivity contribution < 1.29 is 9.59 Å². The number of imidazole rings is 1. The van der Waals surface area contributed by atoms with Gasteiger partial charge in [-0.25, -0.2) is 4.98 Å². The third-order valence-corrected chi connectivity index (χ3v) is 3.90. The van der Waals surface area contributed by atoms with Crippen LogP contribution in [-0.4, -0.2) is 33.4 Å². The smallest absolute Gasteiger partial charge is 0.246 e. The summed E-state index contributed by atoms with van der Waals surface area (Å²) in [4.78, 5) is 31.6. The van der Waals surface area contributed by atoms with Gasteiger partial charge in [-0.05, 0) is 12.5 Å². The largest absolute Gasteiger partial charge is 0.348 e. The minimum absolute atomic E-state index is 0.166. The Balaban J connectivity index is 1.72. The Bertz CT molecular complexity index is 669. The number of amides is 2. The number of H-pyrrole nitrogens is 1. The van der Waals surface area contributed by atoms with Crippen LogP contribution in [-0.2, 0) is 22.4 Å². The van der Waals surface area contributed by atoms with E-state index in [-0.39, 0.29) is 11.8 Å². The third kappa shape index (κ3) is 2.86. The summed E-state index contributed by atoms with van der Waals surface area (Å²) in [5.74, 6) is -0.340. The first kappa shape index (κ1) is 14.3. The fourth-order valence-electron chi connectivity index (χ4n) is 2.69. The van der Waals surface area contributed by atoms with Gasteiger partial charge < -0.3 is 15.6 Å². The van der Waals surface area contributed by atoms with Gasteiger partial charge in [0, 0.05) is 24.7 Å². The van der Waals surface area contributed by atoms with Gasteiger partial charge in [-0.15, -0.1) is 0 Å². The van der Waals surface area contributed by atoms with E-state index in [1.165, 1.54) is 0 Å². The van der Waals surface area contributed by atoms with E-state index in [9.17, 15) is 9.59 Å². The maximum absolute atomic E-state index is 12.5. The van der Waals surface area contributed by atoms with E-state index in [4.69, 9.17) is 0 Å². The van der Waals surface area contributed by atoms with Crippen molar-refractivity contribution in [2.24, 2.45) is 0 Å². The number of aromatic nitrogens is 2. The molecule has 3 N–H and O–H groups in total. The number of carbonyl (C=O) groups excluding carboxylic acids is 2. The average Bonchev–Trinajstić information content (AvgIpc) is 2.99. The van der Waals surface area contributed by atoms with Crippen LogP contribution in [0, 0.1) is 0 Å². The SMILES string of the molecule is C[C@@]1(Cc2ccccc2)NC(=O)[C@H](Cc2cnc[nH]2)NC1=O. The van der Waals surface area contributed by atoms with E-state index >= 15 is 0 Å². The number of hydrogen-bond acceptors (Lipinski definition) is 3. The summed E-state index contributed by atoms with van der Waals surface area (Å²) in [5.41, 5.74) is 0.891. The predicted octanol–water partition coefficient (Wildman–Crippen LogP) is 0.568. The van der Waals surface area contributed by atoms with Crippen molar-refractivity contribution >= 4 is 11.8 Å². The summed E-state index contributed by atoms with van der Waals surface area (Å²) in [6, 6.07) is 9.08. The minimum Gasteiger partial charge on any atom is -0.348 e. The number of benzene rings is 1. The van der Waals surface area contributed by atoms with Gasteiger partial charge in [0.15, 0.2) is 0 Å². The zero-order valence-corrected chi connectivity index (χ0v) is 12.3. The normalized spacial score (nSPS) is 24.7. The molecule has 0 bridgehead atoms. The molecule has 1 fully saturated rings. The molecule has 0 aliphatic carbocycles. The Kier molecular flexibility index (Phi) is 3.66. The number of nitrogens with zero attached hydrogens (tertiary/aromatic N) is 1. The Morgan fingerprint density at radius 3 is 2.68 bits per heavy atom. The highest BCUT2D eigenvalue weighted by molar-refractivity contribution is 5.99. The third-order valence-electron chi connectivity index (χ3n) is 3.90. The Morgan fingerprint density at radius 2 is 2.00 bits per heavy atom. The first-order valence-electron chi connectivity index (χ1n) is 7.21. The molecule has 6 heteroatoms. The van der Waals surface area contributed by atoms with E-state index in [0.717, 1.165) is 11.3 Å². The second-order valence-corrected chi connectivity index (χ2v) is 5.79.